The van der Waals surface area contributed by atoms with Gasteiger partial charge in [-0.15, -0.1) is 0 Å². The second-order valence-corrected chi connectivity index (χ2v) is 4.98. The zero-order chi connectivity index (χ0) is 21.2. The van der Waals surface area contributed by atoms with Crippen LogP contribution in [0, 0.1) is 0 Å². The van der Waals surface area contributed by atoms with Gasteiger partial charge in [0.05, 0.1) is 5.56 Å². The molecule has 2 aromatic rings. The minimum absolute atomic E-state index is 0.331. The Morgan fingerprint density at radius 3 is 1.61 bits per heavy atom. The highest BCUT2D eigenvalue weighted by atomic mass is 16.4. The van der Waals surface area contributed by atoms with Crippen LogP contribution in [0.15, 0.2) is 91.0 Å². The molecule has 3 N–H and O–H groups in total. The Morgan fingerprint density at radius 1 is 0.714 bits per heavy atom. The molecule has 0 aromatic heterocycles. The first kappa shape index (κ1) is 24.1. The molecule has 0 unspecified atom stereocenters. The van der Waals surface area contributed by atoms with Gasteiger partial charge in [0.15, 0.2) is 0 Å². The summed E-state index contributed by atoms with van der Waals surface area (Å²) in [4.78, 5) is 30.0. The van der Waals surface area contributed by atoms with Crippen LogP contribution in [0.1, 0.15) is 22.8 Å². The van der Waals surface area contributed by atoms with Crippen molar-refractivity contribution in [2.45, 2.75) is 6.92 Å². The van der Waals surface area contributed by atoms with E-state index in [-0.39, 0.29) is 0 Å². The summed E-state index contributed by atoms with van der Waals surface area (Å²) in [6.45, 7) is 1.83. The summed E-state index contributed by atoms with van der Waals surface area (Å²) in [5.74, 6) is -2.72. The Labute approximate surface area is 163 Å². The van der Waals surface area contributed by atoms with Crippen LogP contribution in [0.5, 0.6) is 0 Å². The van der Waals surface area contributed by atoms with E-state index in [1.165, 1.54) is 6.08 Å². The predicted octanol–water partition coefficient (Wildman–Crippen LogP) is 4.37. The molecular weight excluding hydrogens is 360 g/mol. The standard InChI is InChI=1S/C9H8O2.C7H6O2.C6H8O2/c10-9(11)7-6-8-4-2-1-3-5-8;8-7(9)6-4-2-1-3-5-6;1-2-3-4-5-6(7)8/h1-7H,(H,10,11);1-5H,(H,8,9);2-5H,1H3,(H,7,8)/b7-6+;;3-2+,5-4+. The molecule has 6 nitrogen and oxygen atoms in total. The summed E-state index contributed by atoms with van der Waals surface area (Å²) in [7, 11) is 0. The molecule has 0 radical (unpaired) electrons. The molecule has 0 saturated heterocycles. The first-order chi connectivity index (χ1) is 13.4. The van der Waals surface area contributed by atoms with Crippen LogP contribution in [0.4, 0.5) is 0 Å². The van der Waals surface area contributed by atoms with E-state index in [1.807, 2.05) is 37.3 Å². The second-order valence-electron chi connectivity index (χ2n) is 4.98. The Kier molecular flexibility index (Phi) is 13.2. The van der Waals surface area contributed by atoms with Gasteiger partial charge in [0, 0.05) is 12.2 Å². The van der Waals surface area contributed by atoms with Gasteiger partial charge in [-0.1, -0.05) is 66.8 Å². The molecule has 0 spiro atoms. The molecule has 0 atom stereocenters. The van der Waals surface area contributed by atoms with Crippen molar-refractivity contribution in [1.82, 2.24) is 0 Å². The molecule has 0 saturated carbocycles. The molecule has 0 heterocycles. The molecule has 6 heteroatoms. The maximum absolute atomic E-state index is 10.2. The topological polar surface area (TPSA) is 112 Å². The Bertz CT molecular complexity index is 805. The Balaban J connectivity index is 0.000000397. The fraction of sp³-hybridized carbons (Fsp3) is 0.0455. The number of carbonyl (C=O) groups is 3. The van der Waals surface area contributed by atoms with Crippen LogP contribution in [-0.2, 0) is 9.59 Å². The maximum Gasteiger partial charge on any atom is 0.335 e. The number of carboxylic acids is 3. The summed E-state index contributed by atoms with van der Waals surface area (Å²) in [5, 5.41) is 24.7. The average molecular weight is 382 g/mol. The molecule has 0 fully saturated rings. The van der Waals surface area contributed by atoms with Crippen LogP contribution >= 0.6 is 0 Å². The zero-order valence-corrected chi connectivity index (χ0v) is 15.3. The molecule has 28 heavy (non-hydrogen) atoms. The van der Waals surface area contributed by atoms with Crippen molar-refractivity contribution < 1.29 is 29.7 Å². The number of benzene rings is 2. The van der Waals surface area contributed by atoms with Gasteiger partial charge in [-0.3, -0.25) is 0 Å². The van der Waals surface area contributed by atoms with Gasteiger partial charge in [-0.25, -0.2) is 14.4 Å². The number of hydrogen-bond acceptors (Lipinski definition) is 3. The molecule has 2 rings (SSSR count). The fourth-order valence-electron chi connectivity index (χ4n) is 1.56. The van der Waals surface area contributed by atoms with Gasteiger partial charge in [0.2, 0.25) is 0 Å². The third-order valence-corrected chi connectivity index (χ3v) is 2.78. The molecule has 0 aliphatic rings. The lowest BCUT2D eigenvalue weighted by atomic mass is 10.2. The Hall–Kier alpha value is -3.93. The number of aliphatic carboxylic acids is 2. The van der Waals surface area contributed by atoms with E-state index in [0.717, 1.165) is 17.7 Å². The normalized spacial score (nSPS) is 10.0. The first-order valence-electron chi connectivity index (χ1n) is 8.13. The van der Waals surface area contributed by atoms with Crippen molar-refractivity contribution >= 4 is 24.0 Å². The number of allylic oxidation sites excluding steroid dienone is 3. The molecule has 0 aliphatic heterocycles. The van der Waals surface area contributed by atoms with Crippen molar-refractivity contribution in [3.8, 4) is 0 Å². The van der Waals surface area contributed by atoms with E-state index in [4.69, 9.17) is 15.3 Å². The van der Waals surface area contributed by atoms with E-state index < -0.39 is 17.9 Å². The lowest BCUT2D eigenvalue weighted by Crippen LogP contribution is -1.93. The second kappa shape index (κ2) is 15.3. The molecule has 146 valence electrons. The highest BCUT2D eigenvalue weighted by molar-refractivity contribution is 5.87. The van der Waals surface area contributed by atoms with Crippen LogP contribution in [0.2, 0.25) is 0 Å². The summed E-state index contributed by atoms with van der Waals surface area (Å²) < 4.78 is 0. The SMILES string of the molecule is C/C=C/C=C/C(=O)O.O=C(O)/C=C/c1ccccc1.O=C(O)c1ccccc1. The first-order valence-corrected chi connectivity index (χ1v) is 8.13. The smallest absolute Gasteiger partial charge is 0.335 e. The van der Waals surface area contributed by atoms with Gasteiger partial charge in [-0.2, -0.15) is 0 Å². The van der Waals surface area contributed by atoms with Crippen LogP contribution in [0.25, 0.3) is 6.08 Å². The third kappa shape index (κ3) is 14.4. The quantitative estimate of drug-likeness (QED) is 0.523. The molecule has 0 bridgehead atoms. The van der Waals surface area contributed by atoms with Crippen molar-refractivity contribution in [1.29, 1.82) is 0 Å². The lowest BCUT2D eigenvalue weighted by Gasteiger charge is -1.88. The van der Waals surface area contributed by atoms with Crippen molar-refractivity contribution in [3.05, 3.63) is 102 Å². The minimum atomic E-state index is -0.922. The van der Waals surface area contributed by atoms with Crippen LogP contribution in [0.3, 0.4) is 0 Å². The highest BCUT2D eigenvalue weighted by Crippen LogP contribution is 2.00. The monoisotopic (exact) mass is 382 g/mol. The molecular formula is C22H22O6. The molecule has 0 aliphatic carbocycles. The largest absolute Gasteiger partial charge is 0.478 e. The van der Waals surface area contributed by atoms with Crippen molar-refractivity contribution in [2.24, 2.45) is 0 Å². The van der Waals surface area contributed by atoms with Gasteiger partial charge < -0.3 is 15.3 Å². The third-order valence-electron chi connectivity index (χ3n) is 2.78. The van der Waals surface area contributed by atoms with E-state index in [1.54, 1.807) is 48.6 Å². The molecule has 2 aromatic carbocycles. The fourth-order valence-corrected chi connectivity index (χ4v) is 1.56. The summed E-state index contributed by atoms with van der Waals surface area (Å²) in [6, 6.07) is 17.6. The van der Waals surface area contributed by atoms with E-state index in [0.29, 0.717) is 5.56 Å². The maximum atomic E-state index is 10.2. The highest BCUT2D eigenvalue weighted by Gasteiger charge is 1.96. The number of aromatic carboxylic acids is 1. The number of rotatable bonds is 5. The minimum Gasteiger partial charge on any atom is -0.478 e. The van der Waals surface area contributed by atoms with Crippen LogP contribution in [-0.4, -0.2) is 33.2 Å². The van der Waals surface area contributed by atoms with Crippen molar-refractivity contribution in [2.75, 3.05) is 0 Å². The van der Waals surface area contributed by atoms with Gasteiger partial charge in [0.25, 0.3) is 0 Å². The lowest BCUT2D eigenvalue weighted by molar-refractivity contribution is -0.132. The van der Waals surface area contributed by atoms with Gasteiger partial charge >= 0.3 is 17.9 Å². The average Bonchev–Trinajstić information content (AvgIpc) is 2.69. The van der Waals surface area contributed by atoms with E-state index in [9.17, 15) is 14.4 Å². The molecule has 0 amide bonds. The zero-order valence-electron chi connectivity index (χ0n) is 15.3. The van der Waals surface area contributed by atoms with Gasteiger partial charge in [-0.05, 0) is 30.7 Å². The summed E-state index contributed by atoms with van der Waals surface area (Å²) in [5.41, 5.74) is 1.23. The van der Waals surface area contributed by atoms with Crippen LogP contribution < -0.4 is 0 Å². The number of hydrogen-bond donors (Lipinski definition) is 3. The Morgan fingerprint density at radius 2 is 1.21 bits per heavy atom. The van der Waals surface area contributed by atoms with E-state index in [2.05, 4.69) is 0 Å². The summed E-state index contributed by atoms with van der Waals surface area (Å²) in [6.07, 6.45) is 8.66. The van der Waals surface area contributed by atoms with E-state index >= 15 is 0 Å². The van der Waals surface area contributed by atoms with Gasteiger partial charge in [0.1, 0.15) is 0 Å². The number of carboxylic acid groups (broad SMARTS) is 3. The predicted molar refractivity (Wildman–Crippen MR) is 108 cm³/mol. The van der Waals surface area contributed by atoms with Crippen molar-refractivity contribution in [3.63, 3.8) is 0 Å². The summed E-state index contributed by atoms with van der Waals surface area (Å²) >= 11 is 0.